The monoisotopic (exact) mass is 408 g/mol. The maximum absolute atomic E-state index is 14.6. The summed E-state index contributed by atoms with van der Waals surface area (Å²) < 4.78 is 15.5. The molecule has 0 unspecified atom stereocenters. The van der Waals surface area contributed by atoms with E-state index in [1.807, 2.05) is 25.7 Å². The van der Waals surface area contributed by atoms with E-state index in [1.54, 1.807) is 19.3 Å². The van der Waals surface area contributed by atoms with E-state index in [0.717, 1.165) is 17.6 Å². The van der Waals surface area contributed by atoms with Crippen molar-refractivity contribution in [1.82, 2.24) is 19.9 Å². The molecule has 0 bridgehead atoms. The SMILES string of the molecule is Cc1nc(C(C)(C)C)nc(N2CCN(c3ncc(Br)cn3)CC2)c1F. The number of hydrogen-bond acceptors (Lipinski definition) is 6. The molecule has 0 aliphatic carbocycles. The third kappa shape index (κ3) is 3.89. The number of piperazine rings is 1. The Morgan fingerprint density at radius 1 is 1.00 bits per heavy atom. The van der Waals surface area contributed by atoms with E-state index in [-0.39, 0.29) is 11.2 Å². The molecule has 1 fully saturated rings. The number of nitrogens with zero attached hydrogens (tertiary/aromatic N) is 6. The lowest BCUT2D eigenvalue weighted by Gasteiger charge is -2.36. The topological polar surface area (TPSA) is 58.0 Å². The largest absolute Gasteiger partial charge is 0.351 e. The van der Waals surface area contributed by atoms with Crippen molar-refractivity contribution < 1.29 is 4.39 Å². The van der Waals surface area contributed by atoms with Gasteiger partial charge in [-0.3, -0.25) is 0 Å². The Balaban J connectivity index is 1.78. The van der Waals surface area contributed by atoms with Gasteiger partial charge < -0.3 is 9.80 Å². The van der Waals surface area contributed by atoms with Crippen LogP contribution in [0.25, 0.3) is 0 Å². The number of aromatic nitrogens is 4. The predicted octanol–water partition coefficient (Wildman–Crippen LogP) is 3.10. The summed E-state index contributed by atoms with van der Waals surface area (Å²) >= 11 is 3.34. The molecule has 8 heteroatoms. The maximum Gasteiger partial charge on any atom is 0.225 e. The molecule has 2 aromatic heterocycles. The quantitative estimate of drug-likeness (QED) is 0.760. The Bertz CT molecular complexity index is 751. The van der Waals surface area contributed by atoms with Crippen LogP contribution in [0.4, 0.5) is 16.2 Å². The first kappa shape index (κ1) is 18.0. The average Bonchev–Trinajstić information content (AvgIpc) is 2.57. The highest BCUT2D eigenvalue weighted by molar-refractivity contribution is 9.10. The molecule has 2 aromatic rings. The second-order valence-corrected chi connectivity index (χ2v) is 8.11. The summed E-state index contributed by atoms with van der Waals surface area (Å²) in [5, 5.41) is 0. The number of rotatable bonds is 2. The normalized spacial score (nSPS) is 15.6. The van der Waals surface area contributed by atoms with Gasteiger partial charge in [0.15, 0.2) is 11.6 Å². The lowest BCUT2D eigenvalue weighted by molar-refractivity contribution is 0.516. The molecular weight excluding hydrogens is 387 g/mol. The smallest absolute Gasteiger partial charge is 0.225 e. The summed E-state index contributed by atoms with van der Waals surface area (Å²) in [5.74, 6) is 1.42. The first-order valence-electron chi connectivity index (χ1n) is 8.28. The Morgan fingerprint density at radius 3 is 2.12 bits per heavy atom. The Hall–Kier alpha value is -1.83. The van der Waals surface area contributed by atoms with Crippen molar-refractivity contribution >= 4 is 27.7 Å². The Labute approximate surface area is 155 Å². The minimum Gasteiger partial charge on any atom is -0.351 e. The maximum atomic E-state index is 14.6. The second kappa shape index (κ2) is 6.82. The summed E-state index contributed by atoms with van der Waals surface area (Å²) in [6, 6.07) is 0. The third-order valence-electron chi connectivity index (χ3n) is 4.14. The first-order valence-corrected chi connectivity index (χ1v) is 9.07. The van der Waals surface area contributed by atoms with Gasteiger partial charge in [-0.25, -0.2) is 24.3 Å². The minimum atomic E-state index is -0.332. The van der Waals surface area contributed by atoms with Crippen LogP contribution in [0.2, 0.25) is 0 Å². The highest BCUT2D eigenvalue weighted by Crippen LogP contribution is 2.26. The van der Waals surface area contributed by atoms with Crippen molar-refractivity contribution in [3.05, 3.63) is 34.2 Å². The van der Waals surface area contributed by atoms with E-state index in [2.05, 4.69) is 40.8 Å². The Kier molecular flexibility index (Phi) is 4.90. The zero-order valence-corrected chi connectivity index (χ0v) is 16.5. The van der Waals surface area contributed by atoms with Gasteiger partial charge in [-0.05, 0) is 22.9 Å². The van der Waals surface area contributed by atoms with E-state index in [0.29, 0.717) is 36.4 Å². The number of halogens is 2. The molecule has 3 heterocycles. The molecule has 25 heavy (non-hydrogen) atoms. The van der Waals surface area contributed by atoms with Crippen LogP contribution >= 0.6 is 15.9 Å². The molecule has 0 amide bonds. The van der Waals surface area contributed by atoms with Gasteiger partial charge in [0.05, 0.1) is 10.2 Å². The molecule has 0 atom stereocenters. The van der Waals surface area contributed by atoms with Crippen molar-refractivity contribution in [2.75, 3.05) is 36.0 Å². The lowest BCUT2D eigenvalue weighted by atomic mass is 9.95. The van der Waals surface area contributed by atoms with E-state index in [1.165, 1.54) is 0 Å². The van der Waals surface area contributed by atoms with Crippen LogP contribution in [0.15, 0.2) is 16.9 Å². The van der Waals surface area contributed by atoms with Gasteiger partial charge in [0, 0.05) is 44.0 Å². The van der Waals surface area contributed by atoms with Gasteiger partial charge in [-0.15, -0.1) is 0 Å². The number of anilines is 2. The van der Waals surface area contributed by atoms with Crippen molar-refractivity contribution in [1.29, 1.82) is 0 Å². The summed E-state index contributed by atoms with van der Waals surface area (Å²) in [7, 11) is 0. The van der Waals surface area contributed by atoms with E-state index in [4.69, 9.17) is 0 Å². The van der Waals surface area contributed by atoms with Gasteiger partial charge >= 0.3 is 0 Å². The molecule has 3 rings (SSSR count). The Morgan fingerprint density at radius 2 is 1.56 bits per heavy atom. The van der Waals surface area contributed by atoms with Crippen LogP contribution in [0, 0.1) is 12.7 Å². The minimum absolute atomic E-state index is 0.222. The molecule has 0 aromatic carbocycles. The third-order valence-corrected chi connectivity index (χ3v) is 4.55. The molecule has 0 N–H and O–H groups in total. The zero-order valence-electron chi connectivity index (χ0n) is 14.9. The van der Waals surface area contributed by atoms with Gasteiger partial charge in [-0.1, -0.05) is 20.8 Å². The van der Waals surface area contributed by atoms with Crippen molar-refractivity contribution in [3.63, 3.8) is 0 Å². The van der Waals surface area contributed by atoms with E-state index in [9.17, 15) is 4.39 Å². The first-order chi connectivity index (χ1) is 11.8. The highest BCUT2D eigenvalue weighted by Gasteiger charge is 2.26. The van der Waals surface area contributed by atoms with Crippen molar-refractivity contribution in [2.45, 2.75) is 33.1 Å². The predicted molar refractivity (Wildman–Crippen MR) is 99.6 cm³/mol. The van der Waals surface area contributed by atoms with Gasteiger partial charge in [0.25, 0.3) is 0 Å². The van der Waals surface area contributed by atoms with Crippen LogP contribution in [0.5, 0.6) is 0 Å². The summed E-state index contributed by atoms with van der Waals surface area (Å²) in [6.07, 6.45) is 3.47. The fraction of sp³-hybridized carbons (Fsp3) is 0.529. The fourth-order valence-electron chi connectivity index (χ4n) is 2.68. The summed E-state index contributed by atoms with van der Waals surface area (Å²) in [4.78, 5) is 21.6. The molecule has 1 saturated heterocycles. The average molecular weight is 409 g/mol. The highest BCUT2D eigenvalue weighted by atomic mass is 79.9. The van der Waals surface area contributed by atoms with E-state index < -0.39 is 0 Å². The molecule has 1 aliphatic heterocycles. The van der Waals surface area contributed by atoms with Gasteiger partial charge in [0.1, 0.15) is 5.82 Å². The molecule has 0 spiro atoms. The molecule has 1 aliphatic rings. The standard InChI is InChI=1S/C17H22BrFN6/c1-11-13(19)14(23-15(22-11)17(2,3)4)24-5-7-25(8-6-24)16-20-9-12(18)10-21-16/h9-10H,5-8H2,1-4H3. The number of hydrogen-bond donors (Lipinski definition) is 0. The second-order valence-electron chi connectivity index (χ2n) is 7.20. The van der Waals surface area contributed by atoms with Crippen LogP contribution in [-0.2, 0) is 5.41 Å². The number of aryl methyl sites for hydroxylation is 1. The van der Waals surface area contributed by atoms with E-state index >= 15 is 0 Å². The van der Waals surface area contributed by atoms with Crippen molar-refractivity contribution in [2.24, 2.45) is 0 Å². The fourth-order valence-corrected chi connectivity index (χ4v) is 2.88. The van der Waals surface area contributed by atoms with Crippen LogP contribution in [0.1, 0.15) is 32.3 Å². The zero-order chi connectivity index (χ0) is 18.2. The molecule has 0 saturated carbocycles. The molecule has 6 nitrogen and oxygen atoms in total. The summed E-state index contributed by atoms with van der Waals surface area (Å²) in [6.45, 7) is 10.6. The molecule has 134 valence electrons. The van der Waals surface area contributed by atoms with Crippen LogP contribution < -0.4 is 9.80 Å². The van der Waals surface area contributed by atoms with Gasteiger partial charge in [-0.2, -0.15) is 0 Å². The molecular formula is C17H22BrFN6. The lowest BCUT2D eigenvalue weighted by Crippen LogP contribution is -2.48. The van der Waals surface area contributed by atoms with Gasteiger partial charge in [0.2, 0.25) is 5.95 Å². The summed E-state index contributed by atoms with van der Waals surface area (Å²) in [5.41, 5.74) is 0.175. The van der Waals surface area contributed by atoms with Crippen LogP contribution in [0.3, 0.4) is 0 Å². The van der Waals surface area contributed by atoms with Crippen LogP contribution in [-0.4, -0.2) is 46.1 Å². The molecule has 0 radical (unpaired) electrons. The van der Waals surface area contributed by atoms with Crippen molar-refractivity contribution in [3.8, 4) is 0 Å².